The fraction of sp³-hybridized carbons (Fsp3) is 0.429. The van der Waals surface area contributed by atoms with E-state index in [9.17, 15) is 0 Å². The summed E-state index contributed by atoms with van der Waals surface area (Å²) in [7, 11) is 0. The van der Waals surface area contributed by atoms with Gasteiger partial charge in [-0.2, -0.15) is 5.10 Å². The number of halogens is 2. The average Bonchev–Trinajstić information content (AvgIpc) is 2.77. The largest absolute Gasteiger partial charge is 0.170 e. The van der Waals surface area contributed by atoms with Gasteiger partial charge < -0.3 is 0 Å². The van der Waals surface area contributed by atoms with Crippen LogP contribution in [-0.2, 0) is 0 Å². The lowest BCUT2D eigenvalue weighted by Gasteiger charge is -1.96. The molecule has 1 aliphatic carbocycles. The van der Waals surface area contributed by atoms with Gasteiger partial charge in [0.2, 0.25) is 0 Å². The lowest BCUT2D eigenvalue weighted by molar-refractivity contribution is 0.911. The Kier molecular flexibility index (Phi) is 1.74. The molecule has 2 rings (SSSR count). The van der Waals surface area contributed by atoms with Crippen molar-refractivity contribution in [3.8, 4) is 0 Å². The Morgan fingerprint density at radius 2 is 2.00 bits per heavy atom. The Hall–Kier alpha value is -0.340. The molecule has 1 saturated carbocycles. The molecular formula is C7H6Cl2N2. The van der Waals surface area contributed by atoms with Crippen LogP contribution in [0.25, 0.3) is 0 Å². The summed E-state index contributed by atoms with van der Waals surface area (Å²) >= 11 is 11.4. The highest BCUT2D eigenvalue weighted by Gasteiger charge is 2.25. The minimum Gasteiger partial charge on any atom is -0.154 e. The number of aromatic nitrogens is 2. The second kappa shape index (κ2) is 2.61. The molecule has 1 heterocycles. The van der Waals surface area contributed by atoms with Crippen LogP contribution in [0.4, 0.5) is 0 Å². The predicted octanol–water partition coefficient (Wildman–Crippen LogP) is 2.66. The minimum absolute atomic E-state index is 0.288. The van der Waals surface area contributed by atoms with Crippen molar-refractivity contribution in [1.82, 2.24) is 10.2 Å². The molecule has 58 valence electrons. The Bertz CT molecular complexity index is 284. The summed E-state index contributed by atoms with van der Waals surface area (Å²) in [5.41, 5.74) is 0.972. The Morgan fingerprint density at radius 3 is 2.55 bits per heavy atom. The van der Waals surface area contributed by atoms with Crippen LogP contribution in [0.3, 0.4) is 0 Å². The van der Waals surface area contributed by atoms with Gasteiger partial charge in [0, 0.05) is 5.92 Å². The smallest absolute Gasteiger partial charge is 0.154 e. The second-order valence-electron chi connectivity index (χ2n) is 2.68. The van der Waals surface area contributed by atoms with Gasteiger partial charge in [-0.05, 0) is 18.9 Å². The topological polar surface area (TPSA) is 25.8 Å². The standard InChI is InChI=1S/C7H6Cl2N2/c8-5-3-6(4-1-2-4)10-11-7(5)9/h3-4H,1-2H2. The van der Waals surface area contributed by atoms with E-state index in [0.717, 1.165) is 5.69 Å². The van der Waals surface area contributed by atoms with Crippen molar-refractivity contribution < 1.29 is 0 Å². The maximum Gasteiger partial charge on any atom is 0.170 e. The third kappa shape index (κ3) is 1.47. The zero-order valence-electron chi connectivity index (χ0n) is 5.72. The summed E-state index contributed by atoms with van der Waals surface area (Å²) in [6, 6.07) is 1.80. The molecule has 0 spiro atoms. The van der Waals surface area contributed by atoms with Gasteiger partial charge >= 0.3 is 0 Å². The predicted molar refractivity (Wildman–Crippen MR) is 44.0 cm³/mol. The Morgan fingerprint density at radius 1 is 1.27 bits per heavy atom. The number of hydrogen-bond donors (Lipinski definition) is 0. The zero-order chi connectivity index (χ0) is 7.84. The highest BCUT2D eigenvalue weighted by molar-refractivity contribution is 6.41. The Balaban J connectivity index is 2.36. The van der Waals surface area contributed by atoms with Crippen molar-refractivity contribution >= 4 is 23.2 Å². The van der Waals surface area contributed by atoms with Gasteiger partial charge in [0.25, 0.3) is 0 Å². The van der Waals surface area contributed by atoms with E-state index in [2.05, 4.69) is 10.2 Å². The first kappa shape index (κ1) is 7.32. The molecule has 0 aliphatic heterocycles. The maximum absolute atomic E-state index is 5.75. The fourth-order valence-corrected chi connectivity index (χ4v) is 1.19. The molecule has 0 aromatic carbocycles. The lowest BCUT2D eigenvalue weighted by Crippen LogP contribution is -1.90. The SMILES string of the molecule is Clc1cc(C2CC2)nnc1Cl. The van der Waals surface area contributed by atoms with Gasteiger partial charge in [-0.25, -0.2) is 0 Å². The van der Waals surface area contributed by atoms with E-state index < -0.39 is 0 Å². The van der Waals surface area contributed by atoms with Crippen LogP contribution >= 0.6 is 23.2 Å². The highest BCUT2D eigenvalue weighted by atomic mass is 35.5. The highest BCUT2D eigenvalue weighted by Crippen LogP contribution is 2.39. The number of nitrogens with zero attached hydrogens (tertiary/aromatic N) is 2. The molecule has 2 nitrogen and oxygen atoms in total. The van der Waals surface area contributed by atoms with Crippen molar-refractivity contribution in [2.24, 2.45) is 0 Å². The van der Waals surface area contributed by atoms with Gasteiger partial charge in [0.15, 0.2) is 5.15 Å². The number of rotatable bonds is 1. The molecule has 0 N–H and O–H groups in total. The van der Waals surface area contributed by atoms with Crippen molar-refractivity contribution in [2.75, 3.05) is 0 Å². The van der Waals surface area contributed by atoms with E-state index in [1.54, 1.807) is 6.07 Å². The third-order valence-corrected chi connectivity index (χ3v) is 2.38. The summed E-state index contributed by atoms with van der Waals surface area (Å²) in [6.07, 6.45) is 2.40. The molecule has 0 atom stereocenters. The molecule has 1 fully saturated rings. The molecule has 4 heteroatoms. The van der Waals surface area contributed by atoms with E-state index in [1.165, 1.54) is 12.8 Å². The average molecular weight is 189 g/mol. The van der Waals surface area contributed by atoms with E-state index in [1.807, 2.05) is 0 Å². The molecule has 0 unspecified atom stereocenters. The first-order chi connectivity index (χ1) is 5.27. The third-order valence-electron chi connectivity index (χ3n) is 1.72. The van der Waals surface area contributed by atoms with Crippen LogP contribution in [0, 0.1) is 0 Å². The van der Waals surface area contributed by atoms with Crippen LogP contribution in [0.5, 0.6) is 0 Å². The van der Waals surface area contributed by atoms with Crippen molar-refractivity contribution in [2.45, 2.75) is 18.8 Å². The molecule has 11 heavy (non-hydrogen) atoms. The van der Waals surface area contributed by atoms with Gasteiger partial charge in [-0.3, -0.25) is 0 Å². The molecule has 0 amide bonds. The summed E-state index contributed by atoms with van der Waals surface area (Å²) in [4.78, 5) is 0. The summed E-state index contributed by atoms with van der Waals surface area (Å²) in [5, 5.41) is 8.45. The molecule has 0 radical (unpaired) electrons. The zero-order valence-corrected chi connectivity index (χ0v) is 7.23. The van der Waals surface area contributed by atoms with E-state index in [0.29, 0.717) is 10.9 Å². The molecule has 1 aromatic rings. The van der Waals surface area contributed by atoms with Crippen LogP contribution in [0.1, 0.15) is 24.5 Å². The summed E-state index contributed by atoms with van der Waals surface area (Å²) < 4.78 is 0. The van der Waals surface area contributed by atoms with Crippen molar-refractivity contribution in [3.05, 3.63) is 21.9 Å². The Labute approximate surface area is 74.5 Å². The summed E-state index contributed by atoms with van der Waals surface area (Å²) in [6.45, 7) is 0. The molecule has 0 bridgehead atoms. The van der Waals surface area contributed by atoms with Crippen molar-refractivity contribution in [1.29, 1.82) is 0 Å². The quantitative estimate of drug-likeness (QED) is 0.678. The minimum atomic E-state index is 0.288. The van der Waals surface area contributed by atoms with E-state index >= 15 is 0 Å². The monoisotopic (exact) mass is 188 g/mol. The van der Waals surface area contributed by atoms with Crippen LogP contribution in [0.2, 0.25) is 10.2 Å². The van der Waals surface area contributed by atoms with Gasteiger partial charge in [-0.1, -0.05) is 23.2 Å². The van der Waals surface area contributed by atoms with E-state index in [-0.39, 0.29) is 5.15 Å². The normalized spacial score (nSPS) is 16.9. The first-order valence-corrected chi connectivity index (χ1v) is 4.21. The van der Waals surface area contributed by atoms with Crippen molar-refractivity contribution in [3.63, 3.8) is 0 Å². The van der Waals surface area contributed by atoms with Crippen LogP contribution in [-0.4, -0.2) is 10.2 Å². The molecular weight excluding hydrogens is 183 g/mol. The van der Waals surface area contributed by atoms with Gasteiger partial charge in [0.05, 0.1) is 10.7 Å². The van der Waals surface area contributed by atoms with Gasteiger partial charge in [0.1, 0.15) is 0 Å². The maximum atomic E-state index is 5.75. The molecule has 0 saturated heterocycles. The van der Waals surface area contributed by atoms with Crippen LogP contribution in [0.15, 0.2) is 6.07 Å². The first-order valence-electron chi connectivity index (χ1n) is 3.46. The number of hydrogen-bond acceptors (Lipinski definition) is 2. The lowest BCUT2D eigenvalue weighted by atomic mass is 10.3. The fourth-order valence-electron chi connectivity index (χ4n) is 0.946. The molecule has 1 aromatic heterocycles. The second-order valence-corrected chi connectivity index (χ2v) is 3.45. The van der Waals surface area contributed by atoms with E-state index in [4.69, 9.17) is 23.2 Å². The molecule has 1 aliphatic rings. The van der Waals surface area contributed by atoms with Crippen LogP contribution < -0.4 is 0 Å². The van der Waals surface area contributed by atoms with Gasteiger partial charge in [-0.15, -0.1) is 5.10 Å². The summed E-state index contributed by atoms with van der Waals surface area (Å²) in [5.74, 6) is 0.581.